The number of fused-ring (bicyclic) bond motifs is 1. The number of amides is 1. The Labute approximate surface area is 108 Å². The van der Waals surface area contributed by atoms with E-state index in [0.29, 0.717) is 11.7 Å². The van der Waals surface area contributed by atoms with Crippen molar-refractivity contribution in [3.8, 4) is 11.3 Å². The van der Waals surface area contributed by atoms with E-state index in [1.807, 2.05) is 25.1 Å². The van der Waals surface area contributed by atoms with Gasteiger partial charge in [-0.05, 0) is 19.1 Å². The molecule has 0 aliphatic carbocycles. The highest BCUT2D eigenvalue weighted by atomic mass is 32.2. The fourth-order valence-corrected chi connectivity index (χ4v) is 2.78. The molecule has 3 rings (SSSR count). The highest BCUT2D eigenvalue weighted by molar-refractivity contribution is 8.00. The van der Waals surface area contributed by atoms with Crippen molar-refractivity contribution < 1.29 is 4.79 Å². The Morgan fingerprint density at radius 3 is 3.00 bits per heavy atom. The van der Waals surface area contributed by atoms with E-state index in [0.717, 1.165) is 27.5 Å². The molecule has 6 heteroatoms. The monoisotopic (exact) mass is 260 g/mol. The number of carbonyl (C=O) groups is 1. The topological polar surface area (TPSA) is 83.8 Å². The number of nitrogens with one attached hydrogen (secondary N) is 2. The average Bonchev–Trinajstić information content (AvgIpc) is 2.67. The van der Waals surface area contributed by atoms with Gasteiger partial charge < -0.3 is 16.0 Å². The molecule has 0 atom stereocenters. The van der Waals surface area contributed by atoms with E-state index >= 15 is 0 Å². The van der Waals surface area contributed by atoms with Gasteiger partial charge in [-0.15, -0.1) is 11.8 Å². The maximum atomic E-state index is 11.4. The van der Waals surface area contributed by atoms with Gasteiger partial charge in [-0.2, -0.15) is 0 Å². The first-order chi connectivity index (χ1) is 8.63. The summed E-state index contributed by atoms with van der Waals surface area (Å²) in [5, 5.41) is 2.87. The van der Waals surface area contributed by atoms with Crippen molar-refractivity contribution in [1.82, 2.24) is 9.97 Å². The van der Waals surface area contributed by atoms with Gasteiger partial charge in [-0.1, -0.05) is 6.07 Å². The van der Waals surface area contributed by atoms with Crippen LogP contribution in [0.1, 0.15) is 5.69 Å². The SMILES string of the molecule is Cc1[nH]c(N)nc1-c1ccc2c(c1)NC(=O)CS2. The Morgan fingerprint density at radius 2 is 2.28 bits per heavy atom. The molecule has 0 saturated heterocycles. The number of hydrogen-bond donors (Lipinski definition) is 3. The van der Waals surface area contributed by atoms with Gasteiger partial charge in [0.2, 0.25) is 5.91 Å². The minimum Gasteiger partial charge on any atom is -0.369 e. The van der Waals surface area contributed by atoms with Crippen molar-refractivity contribution >= 4 is 29.3 Å². The summed E-state index contributed by atoms with van der Waals surface area (Å²) in [6.45, 7) is 1.92. The number of nitrogens with two attached hydrogens (primary N) is 1. The van der Waals surface area contributed by atoms with E-state index in [-0.39, 0.29) is 5.91 Å². The molecule has 0 radical (unpaired) electrons. The minimum atomic E-state index is 0.0305. The fraction of sp³-hybridized carbons (Fsp3) is 0.167. The highest BCUT2D eigenvalue weighted by Crippen LogP contribution is 2.35. The predicted molar refractivity (Wildman–Crippen MR) is 72.5 cm³/mol. The lowest BCUT2D eigenvalue weighted by molar-refractivity contribution is -0.113. The number of nitrogen functional groups attached to an aromatic ring is 1. The van der Waals surface area contributed by atoms with Gasteiger partial charge in [0.1, 0.15) is 0 Å². The van der Waals surface area contributed by atoms with E-state index in [2.05, 4.69) is 15.3 Å². The lowest BCUT2D eigenvalue weighted by atomic mass is 10.1. The Kier molecular flexibility index (Phi) is 2.52. The number of rotatable bonds is 1. The van der Waals surface area contributed by atoms with Crippen molar-refractivity contribution in [2.75, 3.05) is 16.8 Å². The molecule has 1 aliphatic heterocycles. The smallest absolute Gasteiger partial charge is 0.234 e. The van der Waals surface area contributed by atoms with Gasteiger partial charge in [0.05, 0.1) is 17.1 Å². The van der Waals surface area contributed by atoms with Crippen LogP contribution in [-0.4, -0.2) is 21.6 Å². The molecule has 92 valence electrons. The van der Waals surface area contributed by atoms with E-state index in [4.69, 9.17) is 5.73 Å². The molecule has 1 aromatic heterocycles. The molecule has 2 heterocycles. The molecule has 5 nitrogen and oxygen atoms in total. The van der Waals surface area contributed by atoms with Crippen LogP contribution < -0.4 is 11.1 Å². The van der Waals surface area contributed by atoms with Crippen molar-refractivity contribution in [3.05, 3.63) is 23.9 Å². The minimum absolute atomic E-state index is 0.0305. The zero-order chi connectivity index (χ0) is 12.7. The molecule has 0 unspecified atom stereocenters. The van der Waals surface area contributed by atoms with E-state index < -0.39 is 0 Å². The first-order valence-electron chi connectivity index (χ1n) is 5.52. The summed E-state index contributed by atoms with van der Waals surface area (Å²) in [5.41, 5.74) is 9.16. The maximum absolute atomic E-state index is 11.4. The molecule has 0 fully saturated rings. The maximum Gasteiger partial charge on any atom is 0.234 e. The molecule has 1 aliphatic rings. The van der Waals surface area contributed by atoms with E-state index in [1.54, 1.807) is 11.8 Å². The second-order valence-electron chi connectivity index (χ2n) is 4.14. The average molecular weight is 260 g/mol. The molecule has 18 heavy (non-hydrogen) atoms. The summed E-state index contributed by atoms with van der Waals surface area (Å²) in [7, 11) is 0. The summed E-state index contributed by atoms with van der Waals surface area (Å²) in [5.74, 6) is 0.905. The number of aromatic nitrogens is 2. The van der Waals surface area contributed by atoms with Crippen LogP contribution in [0.25, 0.3) is 11.3 Å². The van der Waals surface area contributed by atoms with Crippen LogP contribution in [-0.2, 0) is 4.79 Å². The number of benzene rings is 1. The number of thioether (sulfide) groups is 1. The lowest BCUT2D eigenvalue weighted by Crippen LogP contribution is -2.18. The van der Waals surface area contributed by atoms with Crippen LogP contribution in [0.15, 0.2) is 23.1 Å². The highest BCUT2D eigenvalue weighted by Gasteiger charge is 2.17. The number of anilines is 2. The fourth-order valence-electron chi connectivity index (χ4n) is 2.00. The number of aryl methyl sites for hydroxylation is 1. The third-order valence-electron chi connectivity index (χ3n) is 2.79. The molecular formula is C12H12N4OS. The summed E-state index contributed by atoms with van der Waals surface area (Å²) < 4.78 is 0. The number of imidazole rings is 1. The third kappa shape index (κ3) is 1.84. The van der Waals surface area contributed by atoms with Crippen LogP contribution in [0.4, 0.5) is 11.6 Å². The van der Waals surface area contributed by atoms with Gasteiger partial charge in [-0.25, -0.2) is 4.98 Å². The normalized spacial score (nSPS) is 14.2. The number of aromatic amines is 1. The molecule has 0 saturated carbocycles. The Balaban J connectivity index is 2.07. The first kappa shape index (κ1) is 11.2. The molecule has 0 spiro atoms. The second-order valence-corrected chi connectivity index (χ2v) is 5.16. The van der Waals surface area contributed by atoms with E-state index in [9.17, 15) is 4.79 Å². The number of carbonyl (C=O) groups excluding carboxylic acids is 1. The molecule has 1 aromatic carbocycles. The molecule has 4 N–H and O–H groups in total. The Hall–Kier alpha value is -1.95. The standard InChI is InChI=1S/C12H12N4OS/c1-6-11(16-12(13)14-6)7-2-3-9-8(4-7)15-10(17)5-18-9/h2-4H,5H2,1H3,(H,15,17)(H3,13,14,16). The molecule has 0 bridgehead atoms. The van der Waals surface area contributed by atoms with Gasteiger partial charge in [0, 0.05) is 16.2 Å². The van der Waals surface area contributed by atoms with Gasteiger partial charge in [0.15, 0.2) is 5.95 Å². The zero-order valence-corrected chi connectivity index (χ0v) is 10.6. The number of hydrogen-bond acceptors (Lipinski definition) is 4. The molecule has 2 aromatic rings. The van der Waals surface area contributed by atoms with Gasteiger partial charge in [0.25, 0.3) is 0 Å². The summed E-state index contributed by atoms with van der Waals surface area (Å²) in [6, 6.07) is 5.92. The van der Waals surface area contributed by atoms with E-state index in [1.165, 1.54) is 0 Å². The van der Waals surface area contributed by atoms with Crippen molar-refractivity contribution in [1.29, 1.82) is 0 Å². The lowest BCUT2D eigenvalue weighted by Gasteiger charge is -2.16. The summed E-state index contributed by atoms with van der Waals surface area (Å²) in [4.78, 5) is 19.7. The van der Waals surface area contributed by atoms with Gasteiger partial charge >= 0.3 is 0 Å². The van der Waals surface area contributed by atoms with Crippen LogP contribution in [0.2, 0.25) is 0 Å². The molecule has 1 amide bonds. The van der Waals surface area contributed by atoms with Crippen LogP contribution in [0.3, 0.4) is 0 Å². The quantitative estimate of drug-likeness (QED) is 0.732. The number of nitrogens with zero attached hydrogens (tertiary/aromatic N) is 1. The van der Waals surface area contributed by atoms with Crippen LogP contribution in [0.5, 0.6) is 0 Å². The molecular weight excluding hydrogens is 248 g/mol. The predicted octanol–water partition coefficient (Wildman–Crippen LogP) is 2.01. The van der Waals surface area contributed by atoms with Gasteiger partial charge in [-0.3, -0.25) is 4.79 Å². The van der Waals surface area contributed by atoms with Crippen LogP contribution in [0, 0.1) is 6.92 Å². The van der Waals surface area contributed by atoms with Crippen molar-refractivity contribution in [2.24, 2.45) is 0 Å². The van der Waals surface area contributed by atoms with Crippen molar-refractivity contribution in [2.45, 2.75) is 11.8 Å². The van der Waals surface area contributed by atoms with Crippen LogP contribution >= 0.6 is 11.8 Å². The summed E-state index contributed by atoms with van der Waals surface area (Å²) in [6.07, 6.45) is 0. The zero-order valence-electron chi connectivity index (χ0n) is 9.78. The second kappa shape index (κ2) is 4.06. The first-order valence-corrected chi connectivity index (χ1v) is 6.51. The third-order valence-corrected chi connectivity index (χ3v) is 3.86. The Bertz CT molecular complexity index is 635. The largest absolute Gasteiger partial charge is 0.369 e. The Morgan fingerprint density at radius 1 is 1.44 bits per heavy atom. The number of H-pyrrole nitrogens is 1. The summed E-state index contributed by atoms with van der Waals surface area (Å²) >= 11 is 1.55. The van der Waals surface area contributed by atoms with Crippen molar-refractivity contribution in [3.63, 3.8) is 0 Å².